The summed E-state index contributed by atoms with van der Waals surface area (Å²) in [4.78, 5) is 25.0. The number of ether oxygens (including phenoxy) is 1. The molecule has 1 aliphatic rings. The van der Waals surface area contributed by atoms with Gasteiger partial charge >= 0.3 is 12.0 Å². The quantitative estimate of drug-likeness (QED) is 0.737. The minimum atomic E-state index is -1.14. The number of aliphatic carboxylic acids is 1. The van der Waals surface area contributed by atoms with Crippen molar-refractivity contribution in [1.29, 1.82) is 0 Å². The molecule has 1 aromatic rings. The van der Waals surface area contributed by atoms with Crippen LogP contribution >= 0.6 is 0 Å². The number of nitrogens with one attached hydrogen (secondary N) is 1. The molecule has 21 heavy (non-hydrogen) atoms. The Hall–Kier alpha value is -2.12. The lowest BCUT2D eigenvalue weighted by Crippen LogP contribution is -2.55. The van der Waals surface area contributed by atoms with Gasteiger partial charge < -0.3 is 25.2 Å². The summed E-state index contributed by atoms with van der Waals surface area (Å²) < 4.78 is 5.19. The molecule has 2 atom stereocenters. The highest BCUT2D eigenvalue weighted by molar-refractivity contribution is 5.83. The van der Waals surface area contributed by atoms with Crippen LogP contribution in [0.15, 0.2) is 30.3 Å². The predicted molar refractivity (Wildman–Crippen MR) is 73.7 cm³/mol. The Morgan fingerprint density at radius 2 is 2.10 bits per heavy atom. The number of rotatable bonds is 4. The van der Waals surface area contributed by atoms with E-state index < -0.39 is 24.1 Å². The monoisotopic (exact) mass is 294 g/mol. The third-order valence-corrected chi connectivity index (χ3v) is 3.35. The molecule has 0 aliphatic carbocycles. The van der Waals surface area contributed by atoms with Crippen LogP contribution in [0, 0.1) is 0 Å². The number of aliphatic hydroxyl groups excluding tert-OH is 1. The van der Waals surface area contributed by atoms with Gasteiger partial charge in [0.1, 0.15) is 0 Å². The molecular weight excluding hydrogens is 276 g/mol. The molecule has 2 amide bonds. The van der Waals surface area contributed by atoms with Crippen LogP contribution in [0.2, 0.25) is 0 Å². The smallest absolute Gasteiger partial charge is 0.330 e. The molecule has 7 nitrogen and oxygen atoms in total. The molecule has 1 unspecified atom stereocenters. The molecule has 0 spiro atoms. The topological polar surface area (TPSA) is 99.1 Å². The Morgan fingerprint density at radius 3 is 2.71 bits per heavy atom. The van der Waals surface area contributed by atoms with Crippen molar-refractivity contribution in [3.63, 3.8) is 0 Å². The number of benzene rings is 1. The molecule has 7 heteroatoms. The van der Waals surface area contributed by atoms with Gasteiger partial charge in [0.15, 0.2) is 6.04 Å². The van der Waals surface area contributed by atoms with Crippen LogP contribution in [-0.2, 0) is 9.53 Å². The van der Waals surface area contributed by atoms with Crippen molar-refractivity contribution in [3.05, 3.63) is 35.9 Å². The minimum Gasteiger partial charge on any atom is -0.479 e. The van der Waals surface area contributed by atoms with Crippen LogP contribution in [0.1, 0.15) is 11.6 Å². The van der Waals surface area contributed by atoms with Crippen molar-refractivity contribution in [2.24, 2.45) is 0 Å². The lowest BCUT2D eigenvalue weighted by atomic mass is 10.1. The van der Waals surface area contributed by atoms with Crippen molar-refractivity contribution in [1.82, 2.24) is 10.2 Å². The van der Waals surface area contributed by atoms with E-state index in [0.29, 0.717) is 18.7 Å². The fourth-order valence-corrected chi connectivity index (χ4v) is 2.21. The number of hydrogen-bond donors (Lipinski definition) is 3. The first-order valence-corrected chi connectivity index (χ1v) is 6.67. The molecular formula is C14H18N2O5. The maximum atomic E-state index is 12.2. The molecule has 1 saturated heterocycles. The first-order chi connectivity index (χ1) is 10.1. The molecule has 0 saturated carbocycles. The SMILES string of the molecule is O=C(O)[C@H](NC(=O)N1CCOCC1CO)c1ccccc1. The molecule has 114 valence electrons. The number of aliphatic hydroxyl groups is 1. The van der Waals surface area contributed by atoms with E-state index in [-0.39, 0.29) is 13.2 Å². The zero-order valence-electron chi connectivity index (χ0n) is 11.4. The molecule has 1 aliphatic heterocycles. The fourth-order valence-electron chi connectivity index (χ4n) is 2.21. The van der Waals surface area contributed by atoms with Crippen LogP contribution in [0.5, 0.6) is 0 Å². The second-order valence-electron chi connectivity index (χ2n) is 4.74. The maximum absolute atomic E-state index is 12.2. The number of nitrogens with zero attached hydrogens (tertiary/aromatic N) is 1. The first kappa shape index (κ1) is 15.3. The first-order valence-electron chi connectivity index (χ1n) is 6.67. The zero-order valence-corrected chi connectivity index (χ0v) is 11.4. The highest BCUT2D eigenvalue weighted by atomic mass is 16.5. The molecule has 2 rings (SSSR count). The number of amides is 2. The number of urea groups is 1. The Morgan fingerprint density at radius 1 is 1.38 bits per heavy atom. The molecule has 1 heterocycles. The second-order valence-corrected chi connectivity index (χ2v) is 4.74. The summed E-state index contributed by atoms with van der Waals surface area (Å²) in [6, 6.07) is 6.38. The van der Waals surface area contributed by atoms with E-state index in [9.17, 15) is 19.8 Å². The van der Waals surface area contributed by atoms with Gasteiger partial charge in [-0.25, -0.2) is 9.59 Å². The Labute approximate surface area is 122 Å². The minimum absolute atomic E-state index is 0.226. The largest absolute Gasteiger partial charge is 0.479 e. The van der Waals surface area contributed by atoms with Crippen LogP contribution in [0.3, 0.4) is 0 Å². The van der Waals surface area contributed by atoms with Gasteiger partial charge in [-0.2, -0.15) is 0 Å². The molecule has 1 aromatic carbocycles. The maximum Gasteiger partial charge on any atom is 0.330 e. The number of hydrogen-bond acceptors (Lipinski definition) is 4. The van der Waals surface area contributed by atoms with Crippen molar-refractivity contribution in [2.45, 2.75) is 12.1 Å². The van der Waals surface area contributed by atoms with Gasteiger partial charge in [0.25, 0.3) is 0 Å². The average Bonchev–Trinajstić information content (AvgIpc) is 2.52. The molecule has 3 N–H and O–H groups in total. The van der Waals surface area contributed by atoms with Crippen LogP contribution in [0.4, 0.5) is 4.79 Å². The highest BCUT2D eigenvalue weighted by Crippen LogP contribution is 2.15. The van der Waals surface area contributed by atoms with E-state index >= 15 is 0 Å². The van der Waals surface area contributed by atoms with Crippen LogP contribution in [0.25, 0.3) is 0 Å². The number of carbonyl (C=O) groups is 2. The van der Waals surface area contributed by atoms with E-state index in [1.165, 1.54) is 4.90 Å². The van der Waals surface area contributed by atoms with Crippen molar-refractivity contribution in [2.75, 3.05) is 26.4 Å². The summed E-state index contributed by atoms with van der Waals surface area (Å²) in [5.41, 5.74) is 0.493. The lowest BCUT2D eigenvalue weighted by molar-refractivity contribution is -0.139. The number of carboxylic acids is 1. The molecule has 0 aromatic heterocycles. The second kappa shape index (κ2) is 7.05. The van der Waals surface area contributed by atoms with Crippen molar-refractivity contribution in [3.8, 4) is 0 Å². The van der Waals surface area contributed by atoms with Gasteiger partial charge in [-0.3, -0.25) is 0 Å². The number of carboxylic acid groups (broad SMARTS) is 1. The lowest BCUT2D eigenvalue weighted by Gasteiger charge is -2.35. The van der Waals surface area contributed by atoms with E-state index in [4.69, 9.17) is 4.74 Å². The Kier molecular flexibility index (Phi) is 5.13. The predicted octanol–water partition coefficient (Wildman–Crippen LogP) is 0.215. The van der Waals surface area contributed by atoms with Gasteiger partial charge in [-0.15, -0.1) is 0 Å². The summed E-state index contributed by atoms with van der Waals surface area (Å²) in [7, 11) is 0. The molecule has 0 radical (unpaired) electrons. The van der Waals surface area contributed by atoms with E-state index in [1.54, 1.807) is 30.3 Å². The van der Waals surface area contributed by atoms with Gasteiger partial charge in [0.2, 0.25) is 0 Å². The van der Waals surface area contributed by atoms with Gasteiger partial charge in [-0.05, 0) is 5.56 Å². The van der Waals surface area contributed by atoms with E-state index in [1.807, 2.05) is 0 Å². The molecule has 0 bridgehead atoms. The highest BCUT2D eigenvalue weighted by Gasteiger charge is 2.30. The normalized spacial score (nSPS) is 19.9. The van der Waals surface area contributed by atoms with Crippen molar-refractivity contribution < 1.29 is 24.5 Å². The number of morpholine rings is 1. The Bertz CT molecular complexity index is 493. The average molecular weight is 294 g/mol. The van der Waals surface area contributed by atoms with E-state index in [0.717, 1.165) is 0 Å². The molecule has 1 fully saturated rings. The summed E-state index contributed by atoms with van der Waals surface area (Å²) in [6.45, 7) is 0.703. The van der Waals surface area contributed by atoms with Gasteiger partial charge in [-0.1, -0.05) is 30.3 Å². The van der Waals surface area contributed by atoms with Gasteiger partial charge in [0, 0.05) is 6.54 Å². The summed E-state index contributed by atoms with van der Waals surface area (Å²) in [5, 5.41) is 21.0. The summed E-state index contributed by atoms with van der Waals surface area (Å²) in [6.07, 6.45) is 0. The van der Waals surface area contributed by atoms with E-state index in [2.05, 4.69) is 5.32 Å². The number of carbonyl (C=O) groups excluding carboxylic acids is 1. The standard InChI is InChI=1S/C14H18N2O5/c17-8-11-9-21-7-6-16(11)14(20)15-12(13(18)19)10-4-2-1-3-5-10/h1-5,11-12,17H,6-9H2,(H,15,20)(H,18,19)/t11?,12-/m1/s1. The third-order valence-electron chi connectivity index (χ3n) is 3.35. The fraction of sp³-hybridized carbons (Fsp3) is 0.429. The van der Waals surface area contributed by atoms with Crippen LogP contribution in [-0.4, -0.2) is 59.5 Å². The third kappa shape index (κ3) is 3.71. The van der Waals surface area contributed by atoms with Crippen molar-refractivity contribution >= 4 is 12.0 Å². The van der Waals surface area contributed by atoms with Gasteiger partial charge in [0.05, 0.1) is 25.9 Å². The van der Waals surface area contributed by atoms with Crippen LogP contribution < -0.4 is 5.32 Å². The summed E-state index contributed by atoms with van der Waals surface area (Å²) >= 11 is 0. The Balaban J connectivity index is 2.10. The zero-order chi connectivity index (χ0) is 15.2. The summed E-state index contributed by atoms with van der Waals surface area (Å²) in [5.74, 6) is -1.14.